The van der Waals surface area contributed by atoms with Crippen molar-refractivity contribution in [2.24, 2.45) is 0 Å². The van der Waals surface area contributed by atoms with Crippen LogP contribution in [0.3, 0.4) is 0 Å². The van der Waals surface area contributed by atoms with Crippen molar-refractivity contribution in [2.75, 3.05) is 0 Å². The Balaban J connectivity index is 2.27. The summed E-state index contributed by atoms with van der Waals surface area (Å²) in [6, 6.07) is 7.28. The highest BCUT2D eigenvalue weighted by Gasteiger charge is 2.17. The van der Waals surface area contributed by atoms with Crippen molar-refractivity contribution in [1.82, 2.24) is 20.1 Å². The lowest BCUT2D eigenvalue weighted by molar-refractivity contribution is -0.123. The molecule has 2 rings (SSSR count). The van der Waals surface area contributed by atoms with Gasteiger partial charge in [-0.05, 0) is 48.8 Å². The summed E-state index contributed by atoms with van der Waals surface area (Å²) in [5, 5.41) is 7.71. The standard InChI is InChI=1S/C14H16BrClN4O/c1-14(2,3)18-11(21)8-20-12(17-13(15)19-20)9-5-4-6-10(16)7-9/h4-7H,8H2,1-3H3,(H,18,21). The number of carbonyl (C=O) groups excluding carboxylic acids is 1. The highest BCUT2D eigenvalue weighted by molar-refractivity contribution is 9.10. The van der Waals surface area contributed by atoms with Gasteiger partial charge >= 0.3 is 0 Å². The molecule has 0 aliphatic heterocycles. The molecule has 1 amide bonds. The van der Waals surface area contributed by atoms with Crippen molar-refractivity contribution in [3.05, 3.63) is 34.0 Å². The number of aromatic nitrogens is 3. The second-order valence-electron chi connectivity index (χ2n) is 5.67. The molecule has 0 fully saturated rings. The lowest BCUT2D eigenvalue weighted by atomic mass is 10.1. The van der Waals surface area contributed by atoms with E-state index in [0.29, 0.717) is 15.6 Å². The minimum atomic E-state index is -0.287. The van der Waals surface area contributed by atoms with Crippen LogP contribution in [0.15, 0.2) is 29.0 Å². The van der Waals surface area contributed by atoms with Gasteiger partial charge in [0.15, 0.2) is 5.82 Å². The van der Waals surface area contributed by atoms with Gasteiger partial charge in [0, 0.05) is 16.1 Å². The van der Waals surface area contributed by atoms with Crippen LogP contribution in [0.1, 0.15) is 20.8 Å². The van der Waals surface area contributed by atoms with Crippen LogP contribution in [-0.4, -0.2) is 26.2 Å². The maximum absolute atomic E-state index is 12.0. The Kier molecular flexibility index (Phi) is 4.68. The van der Waals surface area contributed by atoms with Crippen LogP contribution in [0.5, 0.6) is 0 Å². The molecule has 0 atom stereocenters. The molecule has 0 radical (unpaired) electrons. The van der Waals surface area contributed by atoms with Gasteiger partial charge in [-0.3, -0.25) is 4.79 Å². The molecule has 1 N–H and O–H groups in total. The molecule has 0 unspecified atom stereocenters. The summed E-state index contributed by atoms with van der Waals surface area (Å²) in [6.07, 6.45) is 0. The van der Waals surface area contributed by atoms with E-state index in [4.69, 9.17) is 11.6 Å². The van der Waals surface area contributed by atoms with E-state index < -0.39 is 0 Å². The number of carbonyl (C=O) groups is 1. The number of nitrogens with zero attached hydrogens (tertiary/aromatic N) is 3. The number of benzene rings is 1. The summed E-state index contributed by atoms with van der Waals surface area (Å²) >= 11 is 9.24. The molecule has 7 heteroatoms. The van der Waals surface area contributed by atoms with Crippen LogP contribution in [0.2, 0.25) is 5.02 Å². The summed E-state index contributed by atoms with van der Waals surface area (Å²) in [6.45, 7) is 5.89. The van der Waals surface area contributed by atoms with Crippen molar-refractivity contribution in [3.63, 3.8) is 0 Å². The van der Waals surface area contributed by atoms with Crippen molar-refractivity contribution in [3.8, 4) is 11.4 Å². The summed E-state index contributed by atoms with van der Waals surface area (Å²) in [5.74, 6) is 0.469. The second kappa shape index (κ2) is 6.15. The first kappa shape index (κ1) is 16.0. The van der Waals surface area contributed by atoms with E-state index in [1.807, 2.05) is 32.9 Å². The summed E-state index contributed by atoms with van der Waals surface area (Å²) < 4.78 is 1.98. The molecule has 1 aromatic heterocycles. The molecule has 21 heavy (non-hydrogen) atoms. The smallest absolute Gasteiger partial charge is 0.242 e. The minimum absolute atomic E-state index is 0.0950. The fourth-order valence-corrected chi connectivity index (χ4v) is 2.41. The van der Waals surface area contributed by atoms with Gasteiger partial charge in [-0.1, -0.05) is 23.7 Å². The first-order valence-electron chi connectivity index (χ1n) is 6.42. The molecule has 1 aromatic carbocycles. The molecular weight excluding hydrogens is 356 g/mol. The van der Waals surface area contributed by atoms with Crippen LogP contribution in [0, 0.1) is 0 Å². The lowest BCUT2D eigenvalue weighted by Gasteiger charge is -2.20. The van der Waals surface area contributed by atoms with Crippen LogP contribution in [-0.2, 0) is 11.3 Å². The largest absolute Gasteiger partial charge is 0.350 e. The van der Waals surface area contributed by atoms with Crippen LogP contribution in [0.4, 0.5) is 0 Å². The number of hydrogen-bond acceptors (Lipinski definition) is 3. The van der Waals surface area contributed by atoms with Gasteiger partial charge in [0.25, 0.3) is 0 Å². The fourth-order valence-electron chi connectivity index (χ4n) is 1.86. The van der Waals surface area contributed by atoms with Crippen LogP contribution in [0.25, 0.3) is 11.4 Å². The highest BCUT2D eigenvalue weighted by atomic mass is 79.9. The third-order valence-corrected chi connectivity index (χ3v) is 3.11. The van der Waals surface area contributed by atoms with Gasteiger partial charge in [-0.15, -0.1) is 5.10 Å². The van der Waals surface area contributed by atoms with Crippen molar-refractivity contribution >= 4 is 33.4 Å². The van der Waals surface area contributed by atoms with Crippen molar-refractivity contribution in [2.45, 2.75) is 32.9 Å². The van der Waals surface area contributed by atoms with Crippen LogP contribution < -0.4 is 5.32 Å². The third-order valence-electron chi connectivity index (χ3n) is 2.54. The topological polar surface area (TPSA) is 59.8 Å². The first-order chi connectivity index (χ1) is 9.74. The lowest BCUT2D eigenvalue weighted by Crippen LogP contribution is -2.42. The molecule has 5 nitrogen and oxygen atoms in total. The molecule has 0 spiro atoms. The predicted molar refractivity (Wildman–Crippen MR) is 86.1 cm³/mol. The second-order valence-corrected chi connectivity index (χ2v) is 6.82. The number of halogens is 2. The van der Waals surface area contributed by atoms with E-state index in [0.717, 1.165) is 5.56 Å². The van der Waals surface area contributed by atoms with E-state index >= 15 is 0 Å². The monoisotopic (exact) mass is 370 g/mol. The van der Waals surface area contributed by atoms with Gasteiger partial charge in [0.05, 0.1) is 0 Å². The summed E-state index contributed by atoms with van der Waals surface area (Å²) in [4.78, 5) is 16.3. The molecule has 0 bridgehead atoms. The molecule has 0 aliphatic carbocycles. The molecule has 2 aromatic rings. The fraction of sp³-hybridized carbons (Fsp3) is 0.357. The average Bonchev–Trinajstić information content (AvgIpc) is 2.67. The van der Waals surface area contributed by atoms with Crippen molar-refractivity contribution in [1.29, 1.82) is 0 Å². The van der Waals surface area contributed by atoms with E-state index in [2.05, 4.69) is 31.3 Å². The SMILES string of the molecule is CC(C)(C)NC(=O)Cn1nc(Br)nc1-c1cccc(Cl)c1. The van der Waals surface area contributed by atoms with E-state index in [9.17, 15) is 4.79 Å². The van der Waals surface area contributed by atoms with Crippen LogP contribution >= 0.6 is 27.5 Å². The third kappa shape index (κ3) is 4.54. The van der Waals surface area contributed by atoms with Gasteiger partial charge in [0.2, 0.25) is 10.6 Å². The molecule has 1 heterocycles. The molecule has 0 aliphatic rings. The Hall–Kier alpha value is -1.40. The van der Waals surface area contributed by atoms with Gasteiger partial charge in [-0.2, -0.15) is 0 Å². The number of rotatable bonds is 3. The zero-order valence-corrected chi connectivity index (χ0v) is 14.4. The van der Waals surface area contributed by atoms with Crippen molar-refractivity contribution < 1.29 is 4.79 Å². The Labute approximate surface area is 136 Å². The van der Waals surface area contributed by atoms with Gasteiger partial charge < -0.3 is 5.32 Å². The number of amides is 1. The zero-order valence-electron chi connectivity index (χ0n) is 12.0. The molecule has 0 saturated heterocycles. The van der Waals surface area contributed by atoms with Gasteiger partial charge in [-0.25, -0.2) is 9.67 Å². The minimum Gasteiger partial charge on any atom is -0.350 e. The zero-order chi connectivity index (χ0) is 15.6. The first-order valence-corrected chi connectivity index (χ1v) is 7.59. The predicted octanol–water partition coefficient (Wildman–Crippen LogP) is 3.28. The molecular formula is C14H16BrClN4O. The highest BCUT2D eigenvalue weighted by Crippen LogP contribution is 2.22. The maximum Gasteiger partial charge on any atom is 0.242 e. The maximum atomic E-state index is 12.0. The average molecular weight is 372 g/mol. The normalized spacial score (nSPS) is 11.5. The molecule has 112 valence electrons. The Morgan fingerprint density at radius 1 is 1.43 bits per heavy atom. The quantitative estimate of drug-likeness (QED) is 0.901. The Morgan fingerprint density at radius 3 is 2.76 bits per heavy atom. The Morgan fingerprint density at radius 2 is 2.14 bits per heavy atom. The Bertz CT molecular complexity index is 663. The number of nitrogens with one attached hydrogen (secondary N) is 1. The summed E-state index contributed by atoms with van der Waals surface area (Å²) in [7, 11) is 0. The van der Waals surface area contributed by atoms with E-state index in [-0.39, 0.29) is 18.0 Å². The summed E-state index contributed by atoms with van der Waals surface area (Å²) in [5.41, 5.74) is 0.523. The molecule has 0 saturated carbocycles. The van der Waals surface area contributed by atoms with Gasteiger partial charge in [0.1, 0.15) is 6.54 Å². The number of hydrogen-bond donors (Lipinski definition) is 1. The van der Waals surface area contributed by atoms with E-state index in [1.165, 1.54) is 0 Å². The van der Waals surface area contributed by atoms with E-state index in [1.54, 1.807) is 16.8 Å².